The quantitative estimate of drug-likeness (QED) is 0.460. The molecule has 0 aliphatic heterocycles. The average Bonchev–Trinajstić information content (AvgIpc) is 2.82. The van der Waals surface area contributed by atoms with Crippen LogP contribution < -0.4 is 21.9 Å². The van der Waals surface area contributed by atoms with Crippen LogP contribution in [0.5, 0.6) is 0 Å². The monoisotopic (exact) mass is 447 g/mol. The van der Waals surface area contributed by atoms with Gasteiger partial charge in [-0.2, -0.15) is 0 Å². The van der Waals surface area contributed by atoms with Gasteiger partial charge in [-0.05, 0) is 42.3 Å². The highest BCUT2D eigenvalue weighted by Crippen LogP contribution is 2.24. The molecule has 0 fully saturated rings. The van der Waals surface area contributed by atoms with E-state index in [1.807, 2.05) is 31.1 Å². The van der Waals surface area contributed by atoms with Crippen molar-refractivity contribution in [2.75, 3.05) is 26.1 Å². The third-order valence-electron chi connectivity index (χ3n) is 5.79. The Morgan fingerprint density at radius 3 is 2.61 bits per heavy atom. The number of carbonyl (C=O) groups excluding carboxylic acids is 1. The predicted octanol–water partition coefficient (Wildman–Crippen LogP) is 1.35. The third-order valence-corrected chi connectivity index (χ3v) is 5.79. The third kappa shape index (κ3) is 3.76. The minimum atomic E-state index is -0.843. The van der Waals surface area contributed by atoms with Gasteiger partial charge in [0.2, 0.25) is 0 Å². The number of nitrogens with zero attached hydrogens (tertiary/aromatic N) is 4. The van der Waals surface area contributed by atoms with Crippen LogP contribution in [0.1, 0.15) is 5.56 Å². The van der Waals surface area contributed by atoms with E-state index in [2.05, 4.69) is 4.98 Å². The second-order valence-corrected chi connectivity index (χ2v) is 8.06. The maximum atomic E-state index is 13.5. The Bertz CT molecular complexity index is 1500. The summed E-state index contributed by atoms with van der Waals surface area (Å²) in [5.74, 6) is -0.521. The molecular weight excluding hydrogens is 422 g/mol. The highest BCUT2D eigenvalue weighted by molar-refractivity contribution is 5.91. The molecule has 2 heterocycles. The van der Waals surface area contributed by atoms with Gasteiger partial charge in [-0.15, -0.1) is 0 Å². The molecule has 9 nitrogen and oxygen atoms in total. The molecular formula is C24H25N5O4. The number of carbonyl (C=O) groups is 1. The van der Waals surface area contributed by atoms with Crippen LogP contribution in [0.3, 0.4) is 0 Å². The Labute approximate surface area is 189 Å². The van der Waals surface area contributed by atoms with E-state index in [-0.39, 0.29) is 6.42 Å². The van der Waals surface area contributed by atoms with Crippen LogP contribution in [0, 0.1) is 0 Å². The standard InChI is InChI=1S/C24H25N5O4/c1-27(2)15-8-10-19-17(13-15)22(30)29(24(32)28(19)3)20-9-7-14(12-18(25)23(31)33-4)16-6-5-11-26-21(16)20/h5-11,13,18H,12,25H2,1-4H3/t18-/m0/s1. The topological polar surface area (TPSA) is 112 Å². The fourth-order valence-corrected chi connectivity index (χ4v) is 3.99. The number of aryl methyl sites for hydroxylation is 1. The Kier molecular flexibility index (Phi) is 5.73. The van der Waals surface area contributed by atoms with E-state index in [0.717, 1.165) is 15.8 Å². The van der Waals surface area contributed by atoms with Gasteiger partial charge in [0, 0.05) is 38.4 Å². The number of rotatable bonds is 5. The normalized spacial score (nSPS) is 12.2. The molecule has 0 unspecified atom stereocenters. The summed E-state index contributed by atoms with van der Waals surface area (Å²) in [7, 11) is 6.69. The van der Waals surface area contributed by atoms with Crippen molar-refractivity contribution in [2.45, 2.75) is 12.5 Å². The summed E-state index contributed by atoms with van der Waals surface area (Å²) in [6.45, 7) is 0. The molecule has 4 rings (SSSR count). The zero-order valence-corrected chi connectivity index (χ0v) is 18.9. The van der Waals surface area contributed by atoms with Crippen molar-refractivity contribution in [2.24, 2.45) is 12.8 Å². The van der Waals surface area contributed by atoms with Crippen LogP contribution in [0.2, 0.25) is 0 Å². The highest BCUT2D eigenvalue weighted by Gasteiger charge is 2.20. The maximum Gasteiger partial charge on any atom is 0.335 e. The fourth-order valence-electron chi connectivity index (χ4n) is 3.99. The lowest BCUT2D eigenvalue weighted by Gasteiger charge is -2.17. The first-order valence-corrected chi connectivity index (χ1v) is 10.4. The zero-order chi connectivity index (χ0) is 23.9. The van der Waals surface area contributed by atoms with E-state index in [9.17, 15) is 14.4 Å². The van der Waals surface area contributed by atoms with Crippen LogP contribution in [0.4, 0.5) is 5.69 Å². The Hall–Kier alpha value is -3.98. The predicted molar refractivity (Wildman–Crippen MR) is 128 cm³/mol. The number of ether oxygens (including phenoxy) is 1. The molecule has 0 aliphatic rings. The number of hydrogen-bond acceptors (Lipinski definition) is 7. The number of anilines is 1. The second-order valence-electron chi connectivity index (χ2n) is 8.06. The summed E-state index contributed by atoms with van der Waals surface area (Å²) in [6, 6.07) is 11.6. The number of benzene rings is 2. The lowest BCUT2D eigenvalue weighted by atomic mass is 10.0. The SMILES string of the molecule is COC(=O)[C@@H](N)Cc1ccc(-n2c(=O)c3cc(N(C)C)ccc3n(C)c2=O)c2ncccc12. The number of nitrogens with two attached hydrogens (primary N) is 1. The molecule has 0 aliphatic carbocycles. The van der Waals surface area contributed by atoms with Crippen LogP contribution in [0.15, 0.2) is 58.3 Å². The van der Waals surface area contributed by atoms with Gasteiger partial charge >= 0.3 is 11.7 Å². The van der Waals surface area contributed by atoms with Crippen LogP contribution in [-0.2, 0) is 23.0 Å². The van der Waals surface area contributed by atoms with Crippen molar-refractivity contribution >= 4 is 33.5 Å². The van der Waals surface area contributed by atoms with Gasteiger partial charge in [-0.1, -0.05) is 12.1 Å². The summed E-state index contributed by atoms with van der Waals surface area (Å²) < 4.78 is 7.32. The molecule has 0 spiro atoms. The maximum absolute atomic E-state index is 13.5. The molecule has 9 heteroatoms. The van der Waals surface area contributed by atoms with Crippen LogP contribution in [-0.4, -0.2) is 47.3 Å². The number of aromatic nitrogens is 3. The summed E-state index contributed by atoms with van der Waals surface area (Å²) in [5, 5.41) is 1.12. The van der Waals surface area contributed by atoms with Gasteiger partial charge in [0.15, 0.2) is 0 Å². The lowest BCUT2D eigenvalue weighted by Crippen LogP contribution is -2.38. The minimum absolute atomic E-state index is 0.228. The summed E-state index contributed by atoms with van der Waals surface area (Å²) in [5.41, 5.74) is 8.05. The van der Waals surface area contributed by atoms with Gasteiger partial charge in [-0.25, -0.2) is 9.36 Å². The molecule has 0 saturated carbocycles. The summed E-state index contributed by atoms with van der Waals surface area (Å²) >= 11 is 0. The molecule has 2 N–H and O–H groups in total. The molecule has 4 aromatic rings. The molecule has 0 radical (unpaired) electrons. The van der Waals surface area contributed by atoms with Crippen molar-refractivity contribution in [1.29, 1.82) is 0 Å². The number of esters is 1. The molecule has 170 valence electrons. The van der Waals surface area contributed by atoms with Crippen molar-refractivity contribution in [1.82, 2.24) is 14.1 Å². The summed E-state index contributed by atoms with van der Waals surface area (Å²) in [4.78, 5) is 45.0. The van der Waals surface area contributed by atoms with Crippen LogP contribution in [0.25, 0.3) is 27.5 Å². The number of hydrogen-bond donors (Lipinski definition) is 1. The smallest absolute Gasteiger partial charge is 0.335 e. The fraction of sp³-hybridized carbons (Fsp3) is 0.250. The van der Waals surface area contributed by atoms with Crippen molar-refractivity contribution in [3.8, 4) is 5.69 Å². The molecule has 2 aromatic carbocycles. The van der Waals surface area contributed by atoms with Gasteiger partial charge in [0.25, 0.3) is 5.56 Å². The Morgan fingerprint density at radius 1 is 1.15 bits per heavy atom. The first kappa shape index (κ1) is 22.2. The van der Waals surface area contributed by atoms with Crippen LogP contribution >= 0.6 is 0 Å². The van der Waals surface area contributed by atoms with Gasteiger partial charge < -0.3 is 15.4 Å². The van der Waals surface area contributed by atoms with E-state index in [1.165, 1.54) is 11.7 Å². The first-order valence-electron chi connectivity index (χ1n) is 10.4. The lowest BCUT2D eigenvalue weighted by molar-refractivity contribution is -0.142. The molecule has 33 heavy (non-hydrogen) atoms. The van der Waals surface area contributed by atoms with E-state index in [1.54, 1.807) is 43.6 Å². The van der Waals surface area contributed by atoms with Gasteiger partial charge in [-0.3, -0.25) is 19.1 Å². The van der Waals surface area contributed by atoms with Gasteiger partial charge in [0.05, 0.1) is 29.2 Å². The first-order chi connectivity index (χ1) is 15.7. The van der Waals surface area contributed by atoms with Crippen molar-refractivity contribution in [3.05, 3.63) is 75.1 Å². The van der Waals surface area contributed by atoms with E-state index < -0.39 is 23.3 Å². The van der Waals surface area contributed by atoms with Crippen molar-refractivity contribution in [3.63, 3.8) is 0 Å². The Balaban J connectivity index is 1.99. The van der Waals surface area contributed by atoms with E-state index in [4.69, 9.17) is 10.5 Å². The highest BCUT2D eigenvalue weighted by atomic mass is 16.5. The number of pyridine rings is 1. The average molecular weight is 447 g/mol. The number of fused-ring (bicyclic) bond motifs is 2. The number of methoxy groups -OCH3 is 1. The molecule has 2 aromatic heterocycles. The zero-order valence-electron chi connectivity index (χ0n) is 18.9. The summed E-state index contributed by atoms with van der Waals surface area (Å²) in [6.07, 6.45) is 1.82. The Morgan fingerprint density at radius 2 is 1.91 bits per heavy atom. The van der Waals surface area contributed by atoms with Gasteiger partial charge in [0.1, 0.15) is 6.04 Å². The van der Waals surface area contributed by atoms with E-state index >= 15 is 0 Å². The second kappa shape index (κ2) is 8.51. The minimum Gasteiger partial charge on any atom is -0.468 e. The largest absolute Gasteiger partial charge is 0.468 e. The van der Waals surface area contributed by atoms with Crippen molar-refractivity contribution < 1.29 is 9.53 Å². The van der Waals surface area contributed by atoms with E-state index in [0.29, 0.717) is 27.5 Å². The molecule has 0 amide bonds. The molecule has 0 bridgehead atoms. The molecule has 0 saturated heterocycles. The molecule has 1 atom stereocenters.